The number of benzene rings is 1. The summed E-state index contributed by atoms with van der Waals surface area (Å²) in [5, 5.41) is 9.87. The first-order valence-corrected chi connectivity index (χ1v) is 9.56. The van der Waals surface area contributed by atoms with Crippen molar-refractivity contribution >= 4 is 39.7 Å². The van der Waals surface area contributed by atoms with Crippen LogP contribution in [0.3, 0.4) is 0 Å². The fourth-order valence-electron chi connectivity index (χ4n) is 3.25. The van der Waals surface area contributed by atoms with Gasteiger partial charge in [-0.05, 0) is 31.7 Å². The van der Waals surface area contributed by atoms with Gasteiger partial charge in [-0.15, -0.1) is 10.2 Å². The molecule has 3 aromatic rings. The highest BCUT2D eigenvalue weighted by molar-refractivity contribution is 8.00. The van der Waals surface area contributed by atoms with Crippen LogP contribution in [-0.4, -0.2) is 49.3 Å². The molecule has 7 heteroatoms. The number of hydrogen-bond acceptors (Lipinski definition) is 5. The summed E-state index contributed by atoms with van der Waals surface area (Å²) in [5.74, 6) is 0.876. The lowest BCUT2D eigenvalue weighted by Crippen LogP contribution is -2.41. The van der Waals surface area contributed by atoms with E-state index in [1.54, 1.807) is 0 Å². The maximum Gasteiger partial charge on any atom is 0.235 e. The Balaban J connectivity index is 1.51. The third-order valence-electron chi connectivity index (χ3n) is 4.83. The molecule has 1 aliphatic rings. The Kier molecular flexibility index (Phi) is 4.33. The second-order valence-corrected chi connectivity index (χ2v) is 8.04. The number of rotatable bonds is 3. The van der Waals surface area contributed by atoms with Gasteiger partial charge in [0.1, 0.15) is 5.52 Å². The molecule has 0 radical (unpaired) electrons. The molecule has 2 aromatic heterocycles. The number of hydrogen-bond donors (Lipinski definition) is 1. The summed E-state index contributed by atoms with van der Waals surface area (Å²) in [6, 6.07) is 7.94. The number of H-pyrrole nitrogens is 1. The molecule has 1 amide bonds. The van der Waals surface area contributed by atoms with E-state index in [1.807, 2.05) is 36.1 Å². The average Bonchev–Trinajstić information content (AvgIpc) is 2.99. The van der Waals surface area contributed by atoms with Gasteiger partial charge in [0, 0.05) is 24.0 Å². The zero-order chi connectivity index (χ0) is 17.4. The number of piperidine rings is 1. The summed E-state index contributed by atoms with van der Waals surface area (Å²) in [4.78, 5) is 22.4. The van der Waals surface area contributed by atoms with Crippen LogP contribution in [0.15, 0.2) is 29.4 Å². The van der Waals surface area contributed by atoms with E-state index >= 15 is 0 Å². The fourth-order valence-corrected chi connectivity index (χ4v) is 4.05. The minimum absolute atomic E-state index is 0.164. The third-order valence-corrected chi connectivity index (χ3v) is 5.77. The smallest absolute Gasteiger partial charge is 0.235 e. The van der Waals surface area contributed by atoms with Crippen LogP contribution in [0.2, 0.25) is 0 Å². The van der Waals surface area contributed by atoms with Crippen LogP contribution in [0.1, 0.15) is 26.7 Å². The number of thioether (sulfide) groups is 1. The normalized spacial score (nSPS) is 17.3. The highest BCUT2D eigenvalue weighted by atomic mass is 32.2. The van der Waals surface area contributed by atoms with Crippen molar-refractivity contribution in [2.45, 2.75) is 37.1 Å². The Hall–Kier alpha value is -2.15. The van der Waals surface area contributed by atoms with Gasteiger partial charge in [0.05, 0.1) is 5.25 Å². The first kappa shape index (κ1) is 16.3. The first-order valence-electron chi connectivity index (χ1n) is 8.68. The number of likely N-dealkylation sites (tertiary alicyclic amines) is 1. The van der Waals surface area contributed by atoms with Crippen molar-refractivity contribution in [3.8, 4) is 0 Å². The summed E-state index contributed by atoms with van der Waals surface area (Å²) in [7, 11) is 0. The van der Waals surface area contributed by atoms with Crippen molar-refractivity contribution in [1.29, 1.82) is 0 Å². The molecule has 1 aromatic carbocycles. The molecular weight excluding hydrogens is 334 g/mol. The number of para-hydroxylation sites is 1. The van der Waals surface area contributed by atoms with E-state index in [-0.39, 0.29) is 11.2 Å². The summed E-state index contributed by atoms with van der Waals surface area (Å²) in [6.07, 6.45) is 2.17. The zero-order valence-electron chi connectivity index (χ0n) is 14.4. The molecule has 1 saturated heterocycles. The molecule has 1 unspecified atom stereocenters. The second kappa shape index (κ2) is 6.63. The average molecular weight is 355 g/mol. The van der Waals surface area contributed by atoms with Crippen LogP contribution >= 0.6 is 11.8 Å². The largest absolute Gasteiger partial charge is 0.342 e. The quantitative estimate of drug-likeness (QED) is 0.730. The van der Waals surface area contributed by atoms with Gasteiger partial charge < -0.3 is 9.88 Å². The van der Waals surface area contributed by atoms with Crippen molar-refractivity contribution < 1.29 is 4.79 Å². The molecule has 1 atom stereocenters. The molecule has 1 aliphatic heterocycles. The van der Waals surface area contributed by atoms with Crippen LogP contribution in [-0.2, 0) is 4.79 Å². The number of amides is 1. The van der Waals surface area contributed by atoms with Gasteiger partial charge in [-0.1, -0.05) is 36.9 Å². The molecular formula is C18H21N5OS. The van der Waals surface area contributed by atoms with Crippen LogP contribution in [0.4, 0.5) is 0 Å². The molecule has 0 aliphatic carbocycles. The van der Waals surface area contributed by atoms with Gasteiger partial charge in [0.15, 0.2) is 5.65 Å². The molecule has 6 nitrogen and oxygen atoms in total. The number of nitrogens with one attached hydrogen (secondary N) is 1. The van der Waals surface area contributed by atoms with Crippen molar-refractivity contribution in [2.24, 2.45) is 5.92 Å². The van der Waals surface area contributed by atoms with E-state index in [0.717, 1.165) is 42.4 Å². The molecule has 3 heterocycles. The van der Waals surface area contributed by atoms with E-state index < -0.39 is 0 Å². The van der Waals surface area contributed by atoms with Gasteiger partial charge >= 0.3 is 0 Å². The number of carbonyl (C=O) groups excluding carboxylic acids is 1. The first-order chi connectivity index (χ1) is 12.1. The van der Waals surface area contributed by atoms with E-state index in [0.29, 0.717) is 16.7 Å². The molecule has 1 N–H and O–H groups in total. The van der Waals surface area contributed by atoms with Crippen molar-refractivity contribution in [3.63, 3.8) is 0 Å². The van der Waals surface area contributed by atoms with Crippen LogP contribution in [0, 0.1) is 5.92 Å². The molecule has 1 fully saturated rings. The molecule has 0 spiro atoms. The van der Waals surface area contributed by atoms with Crippen LogP contribution in [0.25, 0.3) is 22.1 Å². The van der Waals surface area contributed by atoms with Crippen LogP contribution < -0.4 is 0 Å². The summed E-state index contributed by atoms with van der Waals surface area (Å²) < 4.78 is 0. The van der Waals surface area contributed by atoms with E-state index in [4.69, 9.17) is 0 Å². The predicted molar refractivity (Wildman–Crippen MR) is 99.5 cm³/mol. The standard InChI is InChI=1S/C18H21N5OS/c1-11-7-9-23(10-8-11)17(24)12(2)25-18-20-16-15(21-22-18)13-5-3-4-6-14(13)19-16/h3-6,11-12H,7-10H2,1-2H3,(H,19,20,22). The summed E-state index contributed by atoms with van der Waals surface area (Å²) >= 11 is 1.37. The number of aromatic amines is 1. The zero-order valence-corrected chi connectivity index (χ0v) is 15.2. The highest BCUT2D eigenvalue weighted by Gasteiger charge is 2.26. The predicted octanol–water partition coefficient (Wildman–Crippen LogP) is 3.25. The lowest BCUT2D eigenvalue weighted by Gasteiger charge is -2.31. The topological polar surface area (TPSA) is 74.8 Å². The molecule has 25 heavy (non-hydrogen) atoms. The minimum Gasteiger partial charge on any atom is -0.342 e. The van der Waals surface area contributed by atoms with E-state index in [1.165, 1.54) is 11.8 Å². The van der Waals surface area contributed by atoms with Gasteiger partial charge in [0.25, 0.3) is 0 Å². The summed E-state index contributed by atoms with van der Waals surface area (Å²) in [6.45, 7) is 5.87. The molecule has 4 rings (SSSR count). The lowest BCUT2D eigenvalue weighted by atomic mass is 9.99. The van der Waals surface area contributed by atoms with E-state index in [2.05, 4.69) is 27.1 Å². The Morgan fingerprint density at radius 1 is 1.28 bits per heavy atom. The van der Waals surface area contributed by atoms with Crippen molar-refractivity contribution in [2.75, 3.05) is 13.1 Å². The molecule has 0 bridgehead atoms. The van der Waals surface area contributed by atoms with Crippen molar-refractivity contribution in [1.82, 2.24) is 25.1 Å². The second-order valence-electron chi connectivity index (χ2n) is 6.73. The highest BCUT2D eigenvalue weighted by Crippen LogP contribution is 2.26. The van der Waals surface area contributed by atoms with E-state index in [9.17, 15) is 4.79 Å². The Morgan fingerprint density at radius 2 is 2.04 bits per heavy atom. The lowest BCUT2D eigenvalue weighted by molar-refractivity contribution is -0.131. The minimum atomic E-state index is -0.211. The Morgan fingerprint density at radius 3 is 2.84 bits per heavy atom. The third kappa shape index (κ3) is 3.20. The number of aromatic nitrogens is 4. The van der Waals surface area contributed by atoms with Gasteiger partial charge in [-0.2, -0.15) is 0 Å². The van der Waals surface area contributed by atoms with Crippen LogP contribution in [0.5, 0.6) is 0 Å². The Bertz CT molecular complexity index is 916. The summed E-state index contributed by atoms with van der Waals surface area (Å²) in [5.41, 5.74) is 2.47. The van der Waals surface area contributed by atoms with Gasteiger partial charge in [-0.3, -0.25) is 4.79 Å². The molecule has 130 valence electrons. The van der Waals surface area contributed by atoms with Gasteiger partial charge in [-0.25, -0.2) is 4.98 Å². The number of fused-ring (bicyclic) bond motifs is 3. The maximum atomic E-state index is 12.6. The molecule has 0 saturated carbocycles. The maximum absolute atomic E-state index is 12.6. The SMILES string of the molecule is CC1CCN(C(=O)C(C)Sc2nnc3c(n2)[nH]c2ccccc23)CC1. The monoisotopic (exact) mass is 355 g/mol. The number of carbonyl (C=O) groups is 1. The fraction of sp³-hybridized carbons (Fsp3) is 0.444. The van der Waals surface area contributed by atoms with Gasteiger partial charge in [0.2, 0.25) is 11.1 Å². The Labute approximate surface area is 150 Å². The van der Waals surface area contributed by atoms with Crippen molar-refractivity contribution in [3.05, 3.63) is 24.3 Å². The number of nitrogens with zero attached hydrogens (tertiary/aromatic N) is 4.